The summed E-state index contributed by atoms with van der Waals surface area (Å²) in [6.45, 7) is 3.79. The van der Waals surface area contributed by atoms with Crippen LogP contribution in [0.5, 0.6) is 0 Å². The number of hydrogen-bond acceptors (Lipinski definition) is 4. The summed E-state index contributed by atoms with van der Waals surface area (Å²) in [5.74, 6) is 0.687. The third-order valence-electron chi connectivity index (χ3n) is 3.44. The van der Waals surface area contributed by atoms with Crippen molar-refractivity contribution in [1.29, 1.82) is 0 Å². The zero-order valence-corrected chi connectivity index (χ0v) is 10.4. The van der Waals surface area contributed by atoms with Gasteiger partial charge in [-0.25, -0.2) is 0 Å². The molecule has 0 spiro atoms. The van der Waals surface area contributed by atoms with Gasteiger partial charge in [0.2, 0.25) is 0 Å². The molecule has 18 heavy (non-hydrogen) atoms. The minimum Gasteiger partial charge on any atom is -0.440 e. The molecule has 1 aromatic carbocycles. The van der Waals surface area contributed by atoms with Gasteiger partial charge in [-0.3, -0.25) is 4.79 Å². The van der Waals surface area contributed by atoms with Crippen molar-refractivity contribution in [1.82, 2.24) is 4.90 Å². The molecule has 0 unspecified atom stereocenters. The van der Waals surface area contributed by atoms with E-state index in [4.69, 9.17) is 4.42 Å². The van der Waals surface area contributed by atoms with E-state index in [1.807, 2.05) is 18.2 Å². The Balaban J connectivity index is 2.00. The van der Waals surface area contributed by atoms with Crippen molar-refractivity contribution in [2.75, 3.05) is 38.1 Å². The van der Waals surface area contributed by atoms with Gasteiger partial charge in [0.05, 0.1) is 5.39 Å². The van der Waals surface area contributed by atoms with Crippen molar-refractivity contribution >= 4 is 16.9 Å². The lowest BCUT2D eigenvalue weighted by Gasteiger charge is -2.32. The predicted molar refractivity (Wildman–Crippen MR) is 72.2 cm³/mol. The smallest absolute Gasteiger partial charge is 0.200 e. The van der Waals surface area contributed by atoms with Crippen LogP contribution in [0.3, 0.4) is 0 Å². The zero-order chi connectivity index (χ0) is 12.5. The van der Waals surface area contributed by atoms with E-state index in [1.54, 1.807) is 12.1 Å². The highest BCUT2D eigenvalue weighted by Crippen LogP contribution is 2.19. The molecule has 0 amide bonds. The highest BCUT2D eigenvalue weighted by molar-refractivity contribution is 5.77. The van der Waals surface area contributed by atoms with Gasteiger partial charge in [0, 0.05) is 32.2 Å². The summed E-state index contributed by atoms with van der Waals surface area (Å²) in [5.41, 5.74) is 0.699. The Bertz CT molecular complexity index is 612. The summed E-state index contributed by atoms with van der Waals surface area (Å²) in [6.07, 6.45) is 0. The summed E-state index contributed by atoms with van der Waals surface area (Å²) < 4.78 is 5.82. The summed E-state index contributed by atoms with van der Waals surface area (Å²) in [6, 6.07) is 8.99. The lowest BCUT2D eigenvalue weighted by atomic mass is 10.2. The van der Waals surface area contributed by atoms with Crippen LogP contribution in [0.15, 0.2) is 39.5 Å². The molecule has 1 aliphatic heterocycles. The Hall–Kier alpha value is -1.81. The number of para-hydroxylation sites is 1. The maximum Gasteiger partial charge on any atom is 0.200 e. The van der Waals surface area contributed by atoms with E-state index in [0.29, 0.717) is 16.9 Å². The first kappa shape index (κ1) is 11.3. The molecular weight excluding hydrogens is 228 g/mol. The van der Waals surface area contributed by atoms with Crippen LogP contribution >= 0.6 is 0 Å². The van der Waals surface area contributed by atoms with E-state index in [1.165, 1.54) is 0 Å². The first-order valence-electron chi connectivity index (χ1n) is 6.20. The minimum absolute atomic E-state index is 0.0331. The number of anilines is 1. The van der Waals surface area contributed by atoms with Gasteiger partial charge in [0.25, 0.3) is 0 Å². The van der Waals surface area contributed by atoms with Gasteiger partial charge in [0.1, 0.15) is 5.58 Å². The zero-order valence-electron chi connectivity index (χ0n) is 10.4. The molecule has 94 valence electrons. The maximum absolute atomic E-state index is 12.0. The van der Waals surface area contributed by atoms with Crippen molar-refractivity contribution in [2.45, 2.75) is 0 Å². The molecule has 1 fully saturated rings. The lowest BCUT2D eigenvalue weighted by molar-refractivity contribution is 0.306. The molecule has 4 nitrogen and oxygen atoms in total. The van der Waals surface area contributed by atoms with Gasteiger partial charge < -0.3 is 14.2 Å². The van der Waals surface area contributed by atoms with Crippen LogP contribution in [-0.4, -0.2) is 38.1 Å². The molecule has 3 rings (SSSR count). The van der Waals surface area contributed by atoms with Crippen LogP contribution in [0.4, 0.5) is 5.88 Å². The number of likely N-dealkylation sites (N-methyl/N-ethyl adjacent to an activating group) is 1. The van der Waals surface area contributed by atoms with E-state index in [2.05, 4.69) is 16.8 Å². The first-order valence-corrected chi connectivity index (χ1v) is 6.20. The number of piperazine rings is 1. The van der Waals surface area contributed by atoms with Gasteiger partial charge in [-0.1, -0.05) is 12.1 Å². The second-order valence-corrected chi connectivity index (χ2v) is 4.74. The van der Waals surface area contributed by atoms with Crippen molar-refractivity contribution in [2.24, 2.45) is 0 Å². The van der Waals surface area contributed by atoms with E-state index < -0.39 is 0 Å². The van der Waals surface area contributed by atoms with E-state index >= 15 is 0 Å². The molecule has 1 aromatic heterocycles. The number of rotatable bonds is 1. The summed E-state index contributed by atoms with van der Waals surface area (Å²) >= 11 is 0. The van der Waals surface area contributed by atoms with Crippen LogP contribution in [0.1, 0.15) is 0 Å². The SMILES string of the molecule is CN1CCN(c2cc(=O)c3ccccc3o2)CC1. The normalized spacial score (nSPS) is 17.3. The molecule has 4 heteroatoms. The number of hydrogen-bond donors (Lipinski definition) is 0. The van der Waals surface area contributed by atoms with Crippen molar-refractivity contribution in [3.63, 3.8) is 0 Å². The summed E-state index contributed by atoms with van der Waals surface area (Å²) in [5, 5.41) is 0.648. The van der Waals surface area contributed by atoms with Crippen LogP contribution in [-0.2, 0) is 0 Å². The Morgan fingerprint density at radius 2 is 1.83 bits per heavy atom. The van der Waals surface area contributed by atoms with Gasteiger partial charge in [-0.15, -0.1) is 0 Å². The van der Waals surface area contributed by atoms with Crippen LogP contribution in [0.2, 0.25) is 0 Å². The lowest BCUT2D eigenvalue weighted by Crippen LogP contribution is -2.44. The highest BCUT2D eigenvalue weighted by atomic mass is 16.4. The fourth-order valence-electron chi connectivity index (χ4n) is 2.27. The monoisotopic (exact) mass is 244 g/mol. The van der Waals surface area contributed by atoms with Crippen molar-refractivity contribution < 1.29 is 4.42 Å². The summed E-state index contributed by atoms with van der Waals surface area (Å²) in [4.78, 5) is 16.4. The number of nitrogens with zero attached hydrogens (tertiary/aromatic N) is 2. The summed E-state index contributed by atoms with van der Waals surface area (Å²) in [7, 11) is 2.11. The molecule has 1 saturated heterocycles. The predicted octanol–water partition coefficient (Wildman–Crippen LogP) is 1.54. The molecule has 1 aliphatic rings. The van der Waals surface area contributed by atoms with Crippen LogP contribution in [0.25, 0.3) is 11.0 Å². The van der Waals surface area contributed by atoms with Crippen molar-refractivity contribution in [3.8, 4) is 0 Å². The second-order valence-electron chi connectivity index (χ2n) is 4.74. The third-order valence-corrected chi connectivity index (χ3v) is 3.44. The second kappa shape index (κ2) is 4.46. The molecule has 0 aliphatic carbocycles. The van der Waals surface area contributed by atoms with E-state index in [9.17, 15) is 4.79 Å². The Morgan fingerprint density at radius 1 is 1.11 bits per heavy atom. The quantitative estimate of drug-likeness (QED) is 0.762. The Morgan fingerprint density at radius 3 is 2.61 bits per heavy atom. The molecule has 0 saturated carbocycles. The molecule has 0 radical (unpaired) electrons. The number of fused-ring (bicyclic) bond motifs is 1. The number of benzene rings is 1. The molecule has 0 atom stereocenters. The van der Waals surface area contributed by atoms with Gasteiger partial charge in [0.15, 0.2) is 11.3 Å². The minimum atomic E-state index is 0.0331. The third kappa shape index (κ3) is 1.99. The molecule has 0 N–H and O–H groups in total. The first-order chi connectivity index (χ1) is 8.74. The molecule has 2 heterocycles. The average molecular weight is 244 g/mol. The Kier molecular flexibility index (Phi) is 2.80. The largest absolute Gasteiger partial charge is 0.440 e. The molecular formula is C14H16N2O2. The average Bonchev–Trinajstić information content (AvgIpc) is 2.39. The topological polar surface area (TPSA) is 36.7 Å². The Labute approximate surface area is 105 Å². The fourth-order valence-corrected chi connectivity index (χ4v) is 2.27. The molecule has 0 bridgehead atoms. The van der Waals surface area contributed by atoms with Crippen LogP contribution < -0.4 is 10.3 Å². The van der Waals surface area contributed by atoms with Crippen molar-refractivity contribution in [3.05, 3.63) is 40.6 Å². The molecule has 2 aromatic rings. The highest BCUT2D eigenvalue weighted by Gasteiger charge is 2.17. The van der Waals surface area contributed by atoms with Gasteiger partial charge >= 0.3 is 0 Å². The van der Waals surface area contributed by atoms with E-state index in [-0.39, 0.29) is 5.43 Å². The van der Waals surface area contributed by atoms with Crippen LogP contribution in [0, 0.1) is 0 Å². The standard InChI is InChI=1S/C14H16N2O2/c1-15-6-8-16(9-7-15)14-10-12(17)11-4-2-3-5-13(11)18-14/h2-5,10H,6-9H2,1H3. The van der Waals surface area contributed by atoms with E-state index in [0.717, 1.165) is 26.2 Å². The van der Waals surface area contributed by atoms with Gasteiger partial charge in [-0.2, -0.15) is 0 Å². The maximum atomic E-state index is 12.0. The van der Waals surface area contributed by atoms with Gasteiger partial charge in [-0.05, 0) is 19.2 Å². The fraction of sp³-hybridized carbons (Fsp3) is 0.357.